The summed E-state index contributed by atoms with van der Waals surface area (Å²) in [5, 5.41) is 9.68. The van der Waals surface area contributed by atoms with Crippen LogP contribution in [0.15, 0.2) is 48.5 Å². The second kappa shape index (κ2) is 20.9. The number of amides is 3. The first-order chi connectivity index (χ1) is 38.4. The normalized spacial score (nSPS) is 25.8. The quantitative estimate of drug-likeness (QED) is 0.103. The number of aryl methyl sites for hydroxylation is 2. The van der Waals surface area contributed by atoms with Crippen molar-refractivity contribution in [1.82, 2.24) is 39.8 Å². The van der Waals surface area contributed by atoms with Crippen molar-refractivity contribution in [2.75, 3.05) is 75.5 Å². The van der Waals surface area contributed by atoms with Gasteiger partial charge in [0.05, 0.1) is 58.5 Å². The van der Waals surface area contributed by atoms with Crippen LogP contribution in [-0.2, 0) is 32.5 Å². The SMILES string of the molecule is C#Cc1c(F)ccc2cccc(-c3nc4c5c(nc(OC[C@@]67CCCN6[C@H](COC(=O)N6CC[C@@H](CC8CCN(c9ccc%10c(C%11CCC(=O)NC%11=O)nn(C)c%10c9)CC8)[C@H](F)C6)CC7)nc5c3F)N3CCCOC[C@@H]3CC4)c12. The number of likely N-dealkylation sites (tertiary alicyclic amines) is 1. The minimum absolute atomic E-state index is 0.0189. The molecule has 3 aromatic heterocycles. The fraction of sp³-hybridized carbons (Fsp3) is 0.517. The first kappa shape index (κ1) is 51.4. The number of piperidine rings is 3. The number of imide groups is 1. The predicted octanol–water partition coefficient (Wildman–Crippen LogP) is 8.53. The Kier molecular flexibility index (Phi) is 13.6. The minimum Gasteiger partial charge on any atom is -0.461 e. The average molecular weight is 1080 g/mol. The van der Waals surface area contributed by atoms with Crippen molar-refractivity contribution in [3.05, 3.63) is 77.1 Å². The van der Waals surface area contributed by atoms with Crippen LogP contribution in [-0.4, -0.2) is 142 Å². The Labute approximate surface area is 456 Å². The van der Waals surface area contributed by atoms with Gasteiger partial charge in [-0.15, -0.1) is 6.42 Å². The Morgan fingerprint density at radius 1 is 0.937 bits per heavy atom. The summed E-state index contributed by atoms with van der Waals surface area (Å²) in [6.07, 6.45) is 13.6. The molecule has 1 N–H and O–H groups in total. The number of ether oxygens (including phenoxy) is 3. The topological polar surface area (TPSA) is 160 Å². The third kappa shape index (κ3) is 9.35. The van der Waals surface area contributed by atoms with E-state index in [1.807, 2.05) is 23.9 Å². The molecule has 6 saturated heterocycles. The Bertz CT molecular complexity index is 3450. The van der Waals surface area contributed by atoms with Gasteiger partial charge in [0, 0.05) is 74.3 Å². The number of carbonyl (C=O) groups is 3. The van der Waals surface area contributed by atoms with Crippen molar-refractivity contribution in [2.24, 2.45) is 18.9 Å². The fourth-order valence-electron chi connectivity index (χ4n) is 14.3. The number of carbonyl (C=O) groups excluding carboxylic acids is 3. The van der Waals surface area contributed by atoms with Crippen LogP contribution in [0.2, 0.25) is 0 Å². The number of aromatic nitrogens is 5. The molecule has 3 aromatic carbocycles. The Morgan fingerprint density at radius 3 is 2.65 bits per heavy atom. The molecule has 1 unspecified atom stereocenters. The van der Waals surface area contributed by atoms with Gasteiger partial charge >= 0.3 is 12.1 Å². The zero-order valence-electron chi connectivity index (χ0n) is 44.5. The van der Waals surface area contributed by atoms with E-state index in [4.69, 9.17) is 40.7 Å². The number of rotatable bonds is 10. The highest BCUT2D eigenvalue weighted by molar-refractivity contribution is 6.04. The molecule has 0 radical (unpaired) electrons. The van der Waals surface area contributed by atoms with Gasteiger partial charge in [0.1, 0.15) is 42.2 Å². The maximum Gasteiger partial charge on any atom is 0.409 e. The van der Waals surface area contributed by atoms with Crippen molar-refractivity contribution in [3.8, 4) is 29.6 Å². The van der Waals surface area contributed by atoms with E-state index in [0.29, 0.717) is 103 Å². The van der Waals surface area contributed by atoms with Gasteiger partial charge in [-0.2, -0.15) is 15.1 Å². The molecule has 7 aliphatic rings. The molecule has 412 valence electrons. The van der Waals surface area contributed by atoms with Crippen LogP contribution in [0.25, 0.3) is 43.8 Å². The van der Waals surface area contributed by atoms with Gasteiger partial charge in [-0.1, -0.05) is 30.2 Å². The first-order valence-corrected chi connectivity index (χ1v) is 28.4. The molecule has 16 nitrogen and oxygen atoms in total. The lowest BCUT2D eigenvalue weighted by Gasteiger charge is -2.39. The number of hydrogen-bond acceptors (Lipinski definition) is 13. The summed E-state index contributed by atoms with van der Waals surface area (Å²) < 4.78 is 69.1. The number of alkyl halides is 1. The molecular weight excluding hydrogens is 1010 g/mol. The van der Waals surface area contributed by atoms with Crippen LogP contribution in [0.4, 0.5) is 29.5 Å². The summed E-state index contributed by atoms with van der Waals surface area (Å²) in [5.41, 5.74) is 3.54. The standard InChI is InChI=1S/C60H65F3N10O6/c1-3-41-45(61)14-9-36-7-4-8-43(50(36)41)54-52(63)55-51-47(64-54)15-11-39-32-77-28-6-23-72(39)56(51)67-58(66-55)79-34-60-21-5-24-73(60)40(17-22-60)33-78-59(76)71-27-20-37(46(62)31-71)29-35-18-25-70(26-19-35)38-10-12-42-48(30-38)69(2)68-53(42)44-13-16-49(74)65-57(44)75/h1,4,7-10,12,14,30,35,37,39-40,44,46H,5-6,11,13,15-29,31-34H2,2H3,(H,65,74,75)/t37-,39-,40-,44?,46+,60-/m0/s1. The van der Waals surface area contributed by atoms with Crippen LogP contribution in [0.3, 0.4) is 0 Å². The predicted molar refractivity (Wildman–Crippen MR) is 292 cm³/mol. The van der Waals surface area contributed by atoms with Crippen LogP contribution >= 0.6 is 0 Å². The number of nitrogens with zero attached hydrogens (tertiary/aromatic N) is 9. The molecule has 13 rings (SSSR count). The van der Waals surface area contributed by atoms with Gasteiger partial charge < -0.3 is 28.9 Å². The van der Waals surface area contributed by atoms with Crippen LogP contribution in [0.1, 0.15) is 99.9 Å². The van der Waals surface area contributed by atoms with Crippen molar-refractivity contribution >= 4 is 62.0 Å². The number of nitrogens with one attached hydrogen (secondary N) is 1. The van der Waals surface area contributed by atoms with Gasteiger partial charge in [0.15, 0.2) is 5.82 Å². The number of pyridine rings is 1. The molecule has 10 heterocycles. The zero-order chi connectivity index (χ0) is 54.1. The van der Waals surface area contributed by atoms with Crippen LogP contribution < -0.4 is 19.9 Å². The third-order valence-electron chi connectivity index (χ3n) is 18.5. The van der Waals surface area contributed by atoms with Crippen molar-refractivity contribution in [2.45, 2.75) is 113 Å². The van der Waals surface area contributed by atoms with E-state index >= 15 is 13.2 Å². The average Bonchev–Trinajstić information content (AvgIpc) is 4.26. The van der Waals surface area contributed by atoms with E-state index in [2.05, 4.69) is 38.1 Å². The Balaban J connectivity index is 0.641. The molecule has 0 spiro atoms. The summed E-state index contributed by atoms with van der Waals surface area (Å²) in [6, 6.07) is 14.5. The molecule has 6 aromatic rings. The summed E-state index contributed by atoms with van der Waals surface area (Å²) in [4.78, 5) is 61.4. The monoisotopic (exact) mass is 1080 g/mol. The van der Waals surface area contributed by atoms with Gasteiger partial charge in [0.2, 0.25) is 11.8 Å². The highest BCUT2D eigenvalue weighted by Gasteiger charge is 2.50. The summed E-state index contributed by atoms with van der Waals surface area (Å²) in [6.45, 7) is 5.16. The second-order valence-corrected chi connectivity index (χ2v) is 23.0. The zero-order valence-corrected chi connectivity index (χ0v) is 44.5. The van der Waals surface area contributed by atoms with Crippen molar-refractivity contribution in [1.29, 1.82) is 0 Å². The lowest BCUT2D eigenvalue weighted by atomic mass is 9.82. The molecule has 0 saturated carbocycles. The summed E-state index contributed by atoms with van der Waals surface area (Å²) >= 11 is 0. The number of hydrogen-bond donors (Lipinski definition) is 1. The number of halogens is 3. The molecule has 6 fully saturated rings. The lowest BCUT2D eigenvalue weighted by Crippen LogP contribution is -2.49. The van der Waals surface area contributed by atoms with Crippen LogP contribution in [0.5, 0.6) is 6.01 Å². The first-order valence-electron chi connectivity index (χ1n) is 28.4. The highest BCUT2D eigenvalue weighted by atomic mass is 19.1. The number of benzene rings is 3. The molecule has 0 aliphatic carbocycles. The molecule has 79 heavy (non-hydrogen) atoms. The van der Waals surface area contributed by atoms with E-state index in [1.165, 1.54) is 11.0 Å². The molecule has 6 atom stereocenters. The van der Waals surface area contributed by atoms with Crippen LogP contribution in [0, 0.1) is 35.8 Å². The minimum atomic E-state index is -1.14. The largest absolute Gasteiger partial charge is 0.461 e. The molecule has 3 amide bonds. The van der Waals surface area contributed by atoms with Gasteiger partial charge in [-0.3, -0.25) is 24.5 Å². The number of anilines is 2. The Morgan fingerprint density at radius 2 is 1.81 bits per heavy atom. The number of terminal acetylenes is 1. The summed E-state index contributed by atoms with van der Waals surface area (Å²) in [7, 11) is 1.88. The second-order valence-electron chi connectivity index (χ2n) is 23.0. The van der Waals surface area contributed by atoms with Crippen molar-refractivity contribution in [3.63, 3.8) is 0 Å². The molecular formula is C60H65F3N10O6. The lowest BCUT2D eigenvalue weighted by molar-refractivity contribution is -0.134. The van der Waals surface area contributed by atoms with Gasteiger partial charge in [-0.05, 0) is 125 Å². The van der Waals surface area contributed by atoms with E-state index < -0.39 is 29.8 Å². The van der Waals surface area contributed by atoms with E-state index in [0.717, 1.165) is 87.6 Å². The Hall–Kier alpha value is -7.04. The molecule has 7 aliphatic heterocycles. The van der Waals surface area contributed by atoms with Gasteiger partial charge in [0.25, 0.3) is 0 Å². The highest BCUT2D eigenvalue weighted by Crippen LogP contribution is 2.45. The fourth-order valence-corrected chi connectivity index (χ4v) is 14.3. The number of fused-ring (bicyclic) bond motifs is 5. The smallest absolute Gasteiger partial charge is 0.409 e. The van der Waals surface area contributed by atoms with Crippen molar-refractivity contribution < 1.29 is 41.8 Å². The third-order valence-corrected chi connectivity index (χ3v) is 18.5. The van der Waals surface area contributed by atoms with E-state index in [-0.39, 0.29) is 77.9 Å². The van der Waals surface area contributed by atoms with E-state index in [9.17, 15) is 14.4 Å². The summed E-state index contributed by atoms with van der Waals surface area (Å²) in [5.74, 6) is 1.08. The van der Waals surface area contributed by atoms with E-state index in [1.54, 1.807) is 18.2 Å². The molecule has 0 bridgehead atoms. The maximum absolute atomic E-state index is 17.5. The van der Waals surface area contributed by atoms with Gasteiger partial charge in [-0.25, -0.2) is 22.9 Å². The molecule has 19 heteroatoms. The maximum atomic E-state index is 17.5.